The van der Waals surface area contributed by atoms with E-state index < -0.39 is 0 Å². The summed E-state index contributed by atoms with van der Waals surface area (Å²) >= 11 is 0. The van der Waals surface area contributed by atoms with Crippen molar-refractivity contribution in [2.24, 2.45) is 5.92 Å². The minimum Gasteiger partial charge on any atom is -0.338 e. The molecule has 0 radical (unpaired) electrons. The predicted octanol–water partition coefficient (Wildman–Crippen LogP) is 5.08. The van der Waals surface area contributed by atoms with Gasteiger partial charge < -0.3 is 10.2 Å². The van der Waals surface area contributed by atoms with Crippen LogP contribution in [0.2, 0.25) is 0 Å². The Bertz CT molecular complexity index is 1100. The Morgan fingerprint density at radius 3 is 2.55 bits per heavy atom. The highest BCUT2D eigenvalue weighted by atomic mass is 15.2. The summed E-state index contributed by atoms with van der Waals surface area (Å²) in [6.07, 6.45) is 1.72. The lowest BCUT2D eigenvalue weighted by Gasteiger charge is -2.25. The fourth-order valence-electron chi connectivity index (χ4n) is 3.97. The third-order valence-electron chi connectivity index (χ3n) is 5.27. The van der Waals surface area contributed by atoms with Crippen LogP contribution in [0.1, 0.15) is 30.5 Å². The van der Waals surface area contributed by atoms with Crippen molar-refractivity contribution < 1.29 is 0 Å². The fourth-order valence-corrected chi connectivity index (χ4v) is 3.97. The Morgan fingerprint density at radius 2 is 1.81 bits per heavy atom. The lowest BCUT2D eigenvalue weighted by molar-refractivity contribution is 0.288. The summed E-state index contributed by atoms with van der Waals surface area (Å²) in [6, 6.07) is 19.4. The molecule has 158 valence electrons. The summed E-state index contributed by atoms with van der Waals surface area (Å²) in [7, 11) is 2.13. The molecular formula is C25H28N6. The van der Waals surface area contributed by atoms with Crippen molar-refractivity contribution in [1.29, 1.82) is 10.8 Å². The molecule has 6 heteroatoms. The number of nitrogens with zero attached hydrogens (tertiary/aromatic N) is 3. The Kier molecular flexibility index (Phi) is 5.82. The molecule has 2 heterocycles. The largest absolute Gasteiger partial charge is 0.338 e. The third kappa shape index (κ3) is 4.34. The molecule has 0 saturated carbocycles. The number of fused-ring (bicyclic) bond motifs is 2. The van der Waals surface area contributed by atoms with E-state index in [1.807, 2.05) is 48.5 Å². The van der Waals surface area contributed by atoms with Gasteiger partial charge in [-0.1, -0.05) is 50.2 Å². The van der Waals surface area contributed by atoms with Crippen LogP contribution in [-0.2, 0) is 6.54 Å². The molecule has 1 aliphatic rings. The number of hydrogen-bond donors (Lipinski definition) is 3. The van der Waals surface area contributed by atoms with Crippen LogP contribution in [0.15, 0.2) is 66.9 Å². The van der Waals surface area contributed by atoms with Crippen molar-refractivity contribution in [1.82, 2.24) is 9.88 Å². The minimum atomic E-state index is 0.250. The number of rotatable bonds is 5. The van der Waals surface area contributed by atoms with E-state index in [9.17, 15) is 0 Å². The molecule has 4 rings (SSSR count). The van der Waals surface area contributed by atoms with Crippen molar-refractivity contribution in [2.45, 2.75) is 20.4 Å². The molecule has 0 fully saturated rings. The van der Waals surface area contributed by atoms with E-state index >= 15 is 0 Å². The number of pyridine rings is 1. The second kappa shape index (κ2) is 8.70. The second-order valence-corrected chi connectivity index (χ2v) is 8.36. The van der Waals surface area contributed by atoms with Crippen LogP contribution in [0.3, 0.4) is 0 Å². The molecule has 1 aliphatic heterocycles. The molecule has 31 heavy (non-hydrogen) atoms. The van der Waals surface area contributed by atoms with E-state index in [2.05, 4.69) is 48.2 Å². The van der Waals surface area contributed by atoms with E-state index in [4.69, 9.17) is 10.8 Å². The van der Waals surface area contributed by atoms with Crippen LogP contribution in [0.5, 0.6) is 0 Å². The smallest absolute Gasteiger partial charge is 0.154 e. The monoisotopic (exact) mass is 412 g/mol. The van der Waals surface area contributed by atoms with Crippen LogP contribution >= 0.6 is 0 Å². The molecule has 0 aliphatic carbocycles. The lowest BCUT2D eigenvalue weighted by Crippen LogP contribution is -2.36. The van der Waals surface area contributed by atoms with Crippen molar-refractivity contribution in [3.05, 3.63) is 83.6 Å². The number of amidine groups is 2. The van der Waals surface area contributed by atoms with Crippen molar-refractivity contribution in [3.8, 4) is 0 Å². The van der Waals surface area contributed by atoms with Gasteiger partial charge in [-0.05, 0) is 42.8 Å². The van der Waals surface area contributed by atoms with Gasteiger partial charge in [0.05, 0.1) is 11.4 Å². The van der Waals surface area contributed by atoms with E-state index in [1.165, 1.54) is 5.56 Å². The maximum Gasteiger partial charge on any atom is 0.154 e. The molecule has 3 N–H and O–H groups in total. The van der Waals surface area contributed by atoms with Gasteiger partial charge in [0.25, 0.3) is 0 Å². The number of para-hydroxylation sites is 1. The quantitative estimate of drug-likeness (QED) is 0.403. The maximum absolute atomic E-state index is 8.95. The highest BCUT2D eigenvalue weighted by Crippen LogP contribution is 2.34. The van der Waals surface area contributed by atoms with Gasteiger partial charge >= 0.3 is 0 Å². The van der Waals surface area contributed by atoms with Crippen LogP contribution in [-0.4, -0.2) is 35.1 Å². The van der Waals surface area contributed by atoms with Gasteiger partial charge in [-0.2, -0.15) is 0 Å². The first-order valence-corrected chi connectivity index (χ1v) is 10.5. The topological polar surface area (TPSA) is 79.1 Å². The van der Waals surface area contributed by atoms with Crippen molar-refractivity contribution in [2.75, 3.05) is 23.8 Å². The summed E-state index contributed by atoms with van der Waals surface area (Å²) < 4.78 is 0. The van der Waals surface area contributed by atoms with Gasteiger partial charge in [0, 0.05) is 30.4 Å². The molecule has 0 spiro atoms. The Balaban J connectivity index is 1.65. The molecule has 0 saturated heterocycles. The van der Waals surface area contributed by atoms with E-state index in [-0.39, 0.29) is 11.7 Å². The van der Waals surface area contributed by atoms with Crippen LogP contribution < -0.4 is 10.2 Å². The average Bonchev–Trinajstić information content (AvgIpc) is 2.87. The first-order chi connectivity index (χ1) is 14.9. The van der Waals surface area contributed by atoms with E-state index in [1.54, 1.807) is 11.1 Å². The summed E-state index contributed by atoms with van der Waals surface area (Å²) in [4.78, 5) is 8.42. The molecule has 2 aromatic carbocycles. The fraction of sp³-hybridized carbons (Fsp3) is 0.240. The number of hydrogen-bond acceptors (Lipinski definition) is 5. The van der Waals surface area contributed by atoms with Crippen LogP contribution in [0.25, 0.3) is 0 Å². The van der Waals surface area contributed by atoms with Gasteiger partial charge in [-0.3, -0.25) is 15.7 Å². The van der Waals surface area contributed by atoms with Crippen molar-refractivity contribution in [3.63, 3.8) is 0 Å². The Hall–Kier alpha value is -3.51. The minimum absolute atomic E-state index is 0.250. The van der Waals surface area contributed by atoms with Crippen molar-refractivity contribution >= 4 is 28.9 Å². The molecule has 3 aromatic rings. The first-order valence-electron chi connectivity index (χ1n) is 10.5. The maximum atomic E-state index is 8.95. The molecule has 6 nitrogen and oxygen atoms in total. The number of anilines is 3. The van der Waals surface area contributed by atoms with E-state index in [0.29, 0.717) is 17.4 Å². The summed E-state index contributed by atoms with van der Waals surface area (Å²) in [5.74, 6) is 1.76. The number of aromatic nitrogens is 1. The average molecular weight is 413 g/mol. The molecule has 0 unspecified atom stereocenters. The predicted molar refractivity (Wildman–Crippen MR) is 128 cm³/mol. The molecule has 1 aromatic heterocycles. The van der Waals surface area contributed by atoms with Crippen LogP contribution in [0.4, 0.5) is 17.2 Å². The second-order valence-electron chi connectivity index (χ2n) is 8.36. The molecular weight excluding hydrogens is 384 g/mol. The zero-order chi connectivity index (χ0) is 22.0. The normalized spacial score (nSPS) is 12.9. The third-order valence-corrected chi connectivity index (χ3v) is 5.27. The molecule has 0 amide bonds. The summed E-state index contributed by atoms with van der Waals surface area (Å²) in [5, 5.41) is 21.2. The van der Waals surface area contributed by atoms with Gasteiger partial charge in [0.1, 0.15) is 11.7 Å². The molecule has 0 atom stereocenters. The highest BCUT2D eigenvalue weighted by molar-refractivity contribution is 6.30. The standard InChI is InChI=1S/C25H28N6/c1-17(2)15-30(3)16-18-10-12-19(13-11-18)23(26)31-22-9-6-14-28-25(22)29-21-8-5-4-7-20(21)24(31)27/h4-14,17,26-27H,15-16H2,1-3H3,(H,28,29). The Morgan fingerprint density at radius 1 is 1.06 bits per heavy atom. The Labute approximate surface area is 183 Å². The SMILES string of the molecule is CC(C)CN(C)Cc1ccc(C(=N)N2C(=N)c3ccccc3Nc3ncccc32)cc1. The highest BCUT2D eigenvalue weighted by Gasteiger charge is 2.28. The lowest BCUT2D eigenvalue weighted by atomic mass is 10.1. The molecule has 0 bridgehead atoms. The van der Waals surface area contributed by atoms with Gasteiger partial charge in [0.15, 0.2) is 5.82 Å². The zero-order valence-electron chi connectivity index (χ0n) is 18.2. The summed E-state index contributed by atoms with van der Waals surface area (Å²) in [6.45, 7) is 6.35. The zero-order valence-corrected chi connectivity index (χ0v) is 18.2. The van der Waals surface area contributed by atoms with Gasteiger partial charge in [-0.15, -0.1) is 0 Å². The van der Waals surface area contributed by atoms with Gasteiger partial charge in [0.2, 0.25) is 0 Å². The van der Waals surface area contributed by atoms with E-state index in [0.717, 1.165) is 29.9 Å². The number of nitrogens with one attached hydrogen (secondary N) is 3. The summed E-state index contributed by atoms with van der Waals surface area (Å²) in [5.41, 5.74) is 4.20. The first kappa shape index (κ1) is 20.8. The van der Waals surface area contributed by atoms with Gasteiger partial charge in [-0.25, -0.2) is 4.98 Å². The van der Waals surface area contributed by atoms with Crippen LogP contribution in [0, 0.1) is 16.7 Å². The number of benzene rings is 2.